The SMILES string of the molecule is Cc1cc(-c2ccc3oc4ccccc4c3c2)nc(-c2ccccc2-c2ccccc2)n1. The summed E-state index contributed by atoms with van der Waals surface area (Å²) >= 11 is 0. The molecule has 32 heavy (non-hydrogen) atoms. The van der Waals surface area contributed by atoms with E-state index in [1.54, 1.807) is 0 Å². The van der Waals surface area contributed by atoms with Gasteiger partial charge in [0.15, 0.2) is 5.82 Å². The third-order valence-electron chi connectivity index (χ3n) is 5.78. The van der Waals surface area contributed by atoms with Crippen molar-refractivity contribution < 1.29 is 4.42 Å². The van der Waals surface area contributed by atoms with Gasteiger partial charge in [0.25, 0.3) is 0 Å². The van der Waals surface area contributed by atoms with Crippen molar-refractivity contribution in [1.82, 2.24) is 9.97 Å². The Kier molecular flexibility index (Phi) is 4.32. The van der Waals surface area contributed by atoms with Crippen molar-refractivity contribution in [3.8, 4) is 33.8 Å². The lowest BCUT2D eigenvalue weighted by molar-refractivity contribution is 0.669. The number of aryl methyl sites for hydroxylation is 1. The van der Waals surface area contributed by atoms with Crippen molar-refractivity contribution in [1.29, 1.82) is 0 Å². The summed E-state index contributed by atoms with van der Waals surface area (Å²) in [6.07, 6.45) is 0. The van der Waals surface area contributed by atoms with Crippen LogP contribution in [0, 0.1) is 6.92 Å². The highest BCUT2D eigenvalue weighted by molar-refractivity contribution is 6.06. The summed E-state index contributed by atoms with van der Waals surface area (Å²) in [5.41, 5.74) is 7.98. The zero-order valence-corrected chi connectivity index (χ0v) is 17.6. The molecule has 152 valence electrons. The zero-order valence-electron chi connectivity index (χ0n) is 17.6. The maximum absolute atomic E-state index is 5.99. The predicted octanol–water partition coefficient (Wildman–Crippen LogP) is 7.69. The third-order valence-corrected chi connectivity index (χ3v) is 5.78. The van der Waals surface area contributed by atoms with Crippen molar-refractivity contribution in [2.75, 3.05) is 0 Å². The lowest BCUT2D eigenvalue weighted by Gasteiger charge is -2.11. The van der Waals surface area contributed by atoms with E-state index in [2.05, 4.69) is 60.7 Å². The Morgan fingerprint density at radius 3 is 2.16 bits per heavy atom. The molecule has 6 aromatic rings. The van der Waals surface area contributed by atoms with Crippen molar-refractivity contribution in [3.05, 3.63) is 109 Å². The molecule has 0 bridgehead atoms. The van der Waals surface area contributed by atoms with Gasteiger partial charge in [-0.3, -0.25) is 0 Å². The molecule has 0 aliphatic rings. The first-order valence-corrected chi connectivity index (χ1v) is 10.7. The molecule has 0 atom stereocenters. The van der Waals surface area contributed by atoms with Gasteiger partial charge in [-0.25, -0.2) is 9.97 Å². The van der Waals surface area contributed by atoms with Crippen LogP contribution < -0.4 is 0 Å². The Morgan fingerprint density at radius 2 is 1.28 bits per heavy atom. The Hall–Kier alpha value is -4.24. The molecule has 4 aromatic carbocycles. The first-order chi connectivity index (χ1) is 15.8. The van der Waals surface area contributed by atoms with E-state index in [0.29, 0.717) is 0 Å². The highest BCUT2D eigenvalue weighted by atomic mass is 16.3. The van der Waals surface area contributed by atoms with Gasteiger partial charge in [0, 0.05) is 27.6 Å². The molecule has 0 spiro atoms. The number of para-hydroxylation sites is 1. The van der Waals surface area contributed by atoms with Crippen LogP contribution in [0.25, 0.3) is 55.7 Å². The summed E-state index contributed by atoms with van der Waals surface area (Å²) in [4.78, 5) is 9.78. The van der Waals surface area contributed by atoms with Gasteiger partial charge in [0.2, 0.25) is 0 Å². The number of hydrogen-bond donors (Lipinski definition) is 0. The highest BCUT2D eigenvalue weighted by Gasteiger charge is 2.13. The second kappa shape index (κ2) is 7.47. The smallest absolute Gasteiger partial charge is 0.160 e. The van der Waals surface area contributed by atoms with Crippen molar-refractivity contribution in [2.45, 2.75) is 6.92 Å². The van der Waals surface area contributed by atoms with Crippen LogP contribution in [0.4, 0.5) is 0 Å². The standard InChI is InChI=1S/C29H20N2O/c1-19-17-26(21-15-16-28-25(18-21)23-12-7-8-14-27(23)32-28)31-29(30-19)24-13-6-5-11-22(24)20-9-3-2-4-10-20/h2-18H,1H3. The van der Waals surface area contributed by atoms with Gasteiger partial charge in [-0.2, -0.15) is 0 Å². The molecule has 0 radical (unpaired) electrons. The summed E-state index contributed by atoms with van der Waals surface area (Å²) in [6, 6.07) is 35.1. The van der Waals surface area contributed by atoms with E-state index in [0.717, 1.165) is 61.4 Å². The average Bonchev–Trinajstić information content (AvgIpc) is 3.22. The van der Waals surface area contributed by atoms with Crippen LogP contribution in [-0.2, 0) is 0 Å². The molecule has 6 rings (SSSR count). The maximum Gasteiger partial charge on any atom is 0.160 e. The van der Waals surface area contributed by atoms with Crippen LogP contribution in [0.5, 0.6) is 0 Å². The predicted molar refractivity (Wildman–Crippen MR) is 130 cm³/mol. The van der Waals surface area contributed by atoms with Gasteiger partial charge in [0.05, 0.1) is 5.69 Å². The lowest BCUT2D eigenvalue weighted by Crippen LogP contribution is -1.96. The second-order valence-electron chi connectivity index (χ2n) is 7.94. The molecule has 0 aliphatic carbocycles. The van der Waals surface area contributed by atoms with Gasteiger partial charge in [0.1, 0.15) is 11.2 Å². The minimum absolute atomic E-state index is 0.733. The topological polar surface area (TPSA) is 38.9 Å². The fourth-order valence-corrected chi connectivity index (χ4v) is 4.27. The number of nitrogens with zero attached hydrogens (tertiary/aromatic N) is 2. The van der Waals surface area contributed by atoms with Crippen LogP contribution in [0.1, 0.15) is 5.69 Å². The minimum atomic E-state index is 0.733. The number of rotatable bonds is 3. The van der Waals surface area contributed by atoms with Crippen molar-refractivity contribution in [3.63, 3.8) is 0 Å². The number of furan rings is 1. The van der Waals surface area contributed by atoms with E-state index >= 15 is 0 Å². The minimum Gasteiger partial charge on any atom is -0.456 e. The monoisotopic (exact) mass is 412 g/mol. The summed E-state index contributed by atoms with van der Waals surface area (Å²) in [5.74, 6) is 0.733. The van der Waals surface area contributed by atoms with Gasteiger partial charge in [-0.05, 0) is 48.4 Å². The molecule has 0 fully saturated rings. The molecule has 0 aliphatic heterocycles. The molecule has 2 heterocycles. The molecule has 3 heteroatoms. The molecular formula is C29H20N2O. The number of aromatic nitrogens is 2. The number of fused-ring (bicyclic) bond motifs is 3. The van der Waals surface area contributed by atoms with Crippen LogP contribution in [-0.4, -0.2) is 9.97 Å². The zero-order chi connectivity index (χ0) is 21.5. The largest absolute Gasteiger partial charge is 0.456 e. The fraction of sp³-hybridized carbons (Fsp3) is 0.0345. The summed E-state index contributed by atoms with van der Waals surface area (Å²) < 4.78 is 5.99. The van der Waals surface area contributed by atoms with E-state index in [4.69, 9.17) is 14.4 Å². The second-order valence-corrected chi connectivity index (χ2v) is 7.94. The average molecular weight is 412 g/mol. The molecule has 0 N–H and O–H groups in total. The first-order valence-electron chi connectivity index (χ1n) is 10.7. The lowest BCUT2D eigenvalue weighted by atomic mass is 9.99. The molecular weight excluding hydrogens is 392 g/mol. The van der Waals surface area contributed by atoms with Crippen molar-refractivity contribution >= 4 is 21.9 Å². The first kappa shape index (κ1) is 18.5. The van der Waals surface area contributed by atoms with E-state index in [1.165, 1.54) is 0 Å². The summed E-state index contributed by atoms with van der Waals surface area (Å²) in [5, 5.41) is 2.21. The van der Waals surface area contributed by atoms with Gasteiger partial charge in [-0.1, -0.05) is 72.8 Å². The normalized spacial score (nSPS) is 11.3. The maximum atomic E-state index is 5.99. The van der Waals surface area contributed by atoms with Gasteiger partial charge < -0.3 is 4.42 Å². The van der Waals surface area contributed by atoms with Crippen molar-refractivity contribution in [2.24, 2.45) is 0 Å². The van der Waals surface area contributed by atoms with E-state index in [-0.39, 0.29) is 0 Å². The Bertz CT molecular complexity index is 1580. The fourth-order valence-electron chi connectivity index (χ4n) is 4.27. The molecule has 3 nitrogen and oxygen atoms in total. The van der Waals surface area contributed by atoms with Crippen LogP contribution in [0.3, 0.4) is 0 Å². The molecule has 2 aromatic heterocycles. The number of benzene rings is 4. The molecule has 0 saturated heterocycles. The Labute approximate surface area is 186 Å². The van der Waals surface area contributed by atoms with Crippen LogP contribution in [0.15, 0.2) is 108 Å². The van der Waals surface area contributed by atoms with E-state index in [9.17, 15) is 0 Å². The van der Waals surface area contributed by atoms with Gasteiger partial charge >= 0.3 is 0 Å². The molecule has 0 amide bonds. The molecule has 0 saturated carbocycles. The van der Waals surface area contributed by atoms with Gasteiger partial charge in [-0.15, -0.1) is 0 Å². The Morgan fingerprint density at radius 1 is 0.562 bits per heavy atom. The number of hydrogen-bond acceptors (Lipinski definition) is 3. The van der Waals surface area contributed by atoms with Crippen LogP contribution >= 0.6 is 0 Å². The summed E-state index contributed by atoms with van der Waals surface area (Å²) in [7, 11) is 0. The third kappa shape index (κ3) is 3.15. The quantitative estimate of drug-likeness (QED) is 0.299. The Balaban J connectivity index is 1.52. The highest BCUT2D eigenvalue weighted by Crippen LogP contribution is 2.34. The van der Waals surface area contributed by atoms with E-state index in [1.807, 2.05) is 49.4 Å². The summed E-state index contributed by atoms with van der Waals surface area (Å²) in [6.45, 7) is 2.02. The van der Waals surface area contributed by atoms with Crippen LogP contribution in [0.2, 0.25) is 0 Å². The molecule has 0 unspecified atom stereocenters. The van der Waals surface area contributed by atoms with E-state index < -0.39 is 0 Å².